The summed E-state index contributed by atoms with van der Waals surface area (Å²) in [4.78, 5) is 14.2. The summed E-state index contributed by atoms with van der Waals surface area (Å²) in [7, 11) is 0. The molecule has 134 valence electrons. The van der Waals surface area contributed by atoms with Gasteiger partial charge >= 0.3 is 0 Å². The van der Waals surface area contributed by atoms with Crippen molar-refractivity contribution in [2.45, 2.75) is 13.8 Å². The molecule has 0 saturated carbocycles. The van der Waals surface area contributed by atoms with Gasteiger partial charge in [-0.1, -0.05) is 18.2 Å². The van der Waals surface area contributed by atoms with Gasteiger partial charge in [-0.25, -0.2) is 0 Å². The highest BCUT2D eigenvalue weighted by atomic mass is 16.3. The molecule has 1 aromatic carbocycles. The molecule has 0 saturated heterocycles. The fourth-order valence-electron chi connectivity index (χ4n) is 2.25. The van der Waals surface area contributed by atoms with E-state index in [9.17, 15) is 9.90 Å². The number of azo groups is 2. The highest BCUT2D eigenvalue weighted by molar-refractivity contribution is 5.60. The lowest BCUT2D eigenvalue weighted by molar-refractivity contribution is 0.449. The first kappa shape index (κ1) is 17.7. The van der Waals surface area contributed by atoms with Gasteiger partial charge in [0.15, 0.2) is 11.4 Å². The normalized spacial score (nSPS) is 11.3. The maximum absolute atomic E-state index is 12.0. The quantitative estimate of drug-likeness (QED) is 0.597. The Balaban J connectivity index is 1.98. The van der Waals surface area contributed by atoms with Gasteiger partial charge in [-0.3, -0.25) is 14.9 Å². The van der Waals surface area contributed by atoms with E-state index in [-0.39, 0.29) is 22.6 Å². The monoisotopic (exact) mass is 362 g/mol. The first-order valence-electron chi connectivity index (χ1n) is 7.80. The molecular formula is C17H14N8O2. The van der Waals surface area contributed by atoms with Crippen molar-refractivity contribution >= 4 is 22.9 Å². The van der Waals surface area contributed by atoms with Crippen LogP contribution in [-0.4, -0.2) is 20.3 Å². The Bertz CT molecular complexity index is 1140. The summed E-state index contributed by atoms with van der Waals surface area (Å²) in [5.41, 5.74) is 1.01. The maximum Gasteiger partial charge on any atom is 0.278 e. The summed E-state index contributed by atoms with van der Waals surface area (Å²) < 4.78 is 0. The fraction of sp³-hybridized carbons (Fsp3) is 0.118. The zero-order valence-electron chi connectivity index (χ0n) is 14.4. The molecule has 0 unspecified atom stereocenters. The zero-order valence-corrected chi connectivity index (χ0v) is 14.4. The molecule has 27 heavy (non-hydrogen) atoms. The third kappa shape index (κ3) is 3.62. The Morgan fingerprint density at radius 2 is 1.78 bits per heavy atom. The molecule has 3 aromatic rings. The molecular weight excluding hydrogens is 348 g/mol. The highest BCUT2D eigenvalue weighted by Crippen LogP contribution is 2.32. The number of nitrogens with zero attached hydrogens (tertiary/aromatic N) is 6. The Morgan fingerprint density at radius 1 is 1.07 bits per heavy atom. The van der Waals surface area contributed by atoms with E-state index >= 15 is 0 Å². The van der Waals surface area contributed by atoms with Crippen LogP contribution in [0.4, 0.5) is 22.9 Å². The Morgan fingerprint density at radius 3 is 2.48 bits per heavy atom. The molecule has 0 spiro atoms. The Labute approximate surface area is 152 Å². The lowest BCUT2D eigenvalue weighted by Gasteiger charge is -2.02. The van der Waals surface area contributed by atoms with Crippen molar-refractivity contribution in [2.24, 2.45) is 20.5 Å². The predicted octanol–water partition coefficient (Wildman–Crippen LogP) is 4.12. The Hall–Kier alpha value is -4.13. The van der Waals surface area contributed by atoms with Crippen molar-refractivity contribution in [3.8, 4) is 11.9 Å². The smallest absolute Gasteiger partial charge is 0.278 e. The second kappa shape index (κ2) is 7.40. The average Bonchev–Trinajstić information content (AvgIpc) is 3.00. The summed E-state index contributed by atoms with van der Waals surface area (Å²) >= 11 is 0. The number of aromatic amines is 2. The second-order valence-electron chi connectivity index (χ2n) is 5.52. The number of aryl methyl sites for hydroxylation is 1. The van der Waals surface area contributed by atoms with Crippen LogP contribution < -0.4 is 5.56 Å². The molecule has 0 bridgehead atoms. The van der Waals surface area contributed by atoms with E-state index in [1.807, 2.05) is 18.2 Å². The molecule has 2 aromatic heterocycles. The van der Waals surface area contributed by atoms with Gasteiger partial charge in [0.2, 0.25) is 11.7 Å². The lowest BCUT2D eigenvalue weighted by atomic mass is 10.1. The van der Waals surface area contributed by atoms with Crippen LogP contribution in [0.15, 0.2) is 55.6 Å². The number of nitrogens with one attached hydrogen (secondary N) is 2. The number of pyridine rings is 1. The molecule has 0 atom stereocenters. The second-order valence-corrected chi connectivity index (χ2v) is 5.52. The molecule has 2 heterocycles. The van der Waals surface area contributed by atoms with E-state index in [2.05, 4.69) is 35.6 Å². The number of H-pyrrole nitrogens is 2. The number of aromatic hydroxyl groups is 1. The van der Waals surface area contributed by atoms with E-state index in [4.69, 9.17) is 5.26 Å². The molecule has 10 nitrogen and oxygen atoms in total. The molecule has 0 aliphatic rings. The predicted molar refractivity (Wildman–Crippen MR) is 96.3 cm³/mol. The minimum absolute atomic E-state index is 0.0780. The first-order valence-corrected chi connectivity index (χ1v) is 7.80. The van der Waals surface area contributed by atoms with E-state index in [0.29, 0.717) is 17.1 Å². The van der Waals surface area contributed by atoms with Gasteiger partial charge in [-0.2, -0.15) is 15.5 Å². The van der Waals surface area contributed by atoms with Crippen LogP contribution in [0, 0.1) is 25.2 Å². The van der Waals surface area contributed by atoms with Gasteiger partial charge in [0.05, 0.1) is 11.4 Å². The third-order valence-corrected chi connectivity index (χ3v) is 3.69. The van der Waals surface area contributed by atoms with Gasteiger partial charge < -0.3 is 5.11 Å². The summed E-state index contributed by atoms with van der Waals surface area (Å²) in [6.07, 6.45) is 0. The number of nitriles is 1. The van der Waals surface area contributed by atoms with Gasteiger partial charge in [0.1, 0.15) is 11.6 Å². The number of hydrogen-bond donors (Lipinski definition) is 3. The maximum atomic E-state index is 12.0. The summed E-state index contributed by atoms with van der Waals surface area (Å²) in [6.45, 7) is 3.24. The van der Waals surface area contributed by atoms with Crippen LogP contribution in [0.25, 0.3) is 0 Å². The molecule has 10 heteroatoms. The number of benzene rings is 1. The van der Waals surface area contributed by atoms with E-state index in [1.54, 1.807) is 25.1 Å². The van der Waals surface area contributed by atoms with Crippen LogP contribution in [0.3, 0.4) is 0 Å². The SMILES string of the molecule is Cc1[nH]nc(N=Nc2c(C)c(C#N)c(O)[nH]c2=O)c1N=Nc1ccccc1. The Kier molecular flexibility index (Phi) is 4.85. The van der Waals surface area contributed by atoms with E-state index in [0.717, 1.165) is 0 Å². The molecule has 0 radical (unpaired) electrons. The zero-order chi connectivity index (χ0) is 19.4. The van der Waals surface area contributed by atoms with Crippen molar-refractivity contribution in [3.63, 3.8) is 0 Å². The van der Waals surface area contributed by atoms with Crippen LogP contribution in [0.2, 0.25) is 0 Å². The minimum Gasteiger partial charge on any atom is -0.494 e. The number of hydrogen-bond acceptors (Lipinski definition) is 8. The van der Waals surface area contributed by atoms with Crippen LogP contribution in [0.5, 0.6) is 5.88 Å². The van der Waals surface area contributed by atoms with Crippen molar-refractivity contribution in [2.75, 3.05) is 0 Å². The van der Waals surface area contributed by atoms with E-state index < -0.39 is 11.4 Å². The standard InChI is InChI=1S/C17H14N8O2/c1-9-12(8-18)16(26)19-17(27)13(9)22-25-15-14(10(2)20-24-15)23-21-11-6-4-3-5-7-11/h3-7H,1-2H3,(H,20,24)(H2,19,26,27). The van der Waals surface area contributed by atoms with Gasteiger partial charge in [-0.05, 0) is 26.0 Å². The summed E-state index contributed by atoms with van der Waals surface area (Å²) in [6, 6.07) is 10.9. The molecule has 0 amide bonds. The van der Waals surface area contributed by atoms with Crippen molar-refractivity contribution in [1.82, 2.24) is 15.2 Å². The first-order chi connectivity index (χ1) is 13.0. The van der Waals surface area contributed by atoms with E-state index in [1.165, 1.54) is 6.92 Å². The van der Waals surface area contributed by atoms with Crippen molar-refractivity contribution in [3.05, 3.63) is 57.5 Å². The number of rotatable bonds is 4. The van der Waals surface area contributed by atoms with Crippen LogP contribution in [-0.2, 0) is 0 Å². The van der Waals surface area contributed by atoms with Crippen LogP contribution in [0.1, 0.15) is 16.8 Å². The summed E-state index contributed by atoms with van der Waals surface area (Å²) in [5, 5.41) is 41.5. The molecule has 3 N–H and O–H groups in total. The number of aromatic nitrogens is 3. The summed E-state index contributed by atoms with van der Waals surface area (Å²) in [5.74, 6) is -0.371. The lowest BCUT2D eigenvalue weighted by Crippen LogP contribution is -2.08. The van der Waals surface area contributed by atoms with Crippen molar-refractivity contribution < 1.29 is 5.11 Å². The third-order valence-electron chi connectivity index (χ3n) is 3.69. The topological polar surface area (TPSA) is 155 Å². The fourth-order valence-corrected chi connectivity index (χ4v) is 2.25. The van der Waals surface area contributed by atoms with Crippen LogP contribution >= 0.6 is 0 Å². The molecule has 0 aliphatic carbocycles. The molecule has 0 fully saturated rings. The van der Waals surface area contributed by atoms with Gasteiger partial charge in [-0.15, -0.1) is 15.3 Å². The molecule has 3 rings (SSSR count). The minimum atomic E-state index is -0.674. The van der Waals surface area contributed by atoms with Gasteiger partial charge in [0, 0.05) is 5.56 Å². The largest absolute Gasteiger partial charge is 0.494 e. The van der Waals surface area contributed by atoms with Gasteiger partial charge in [0.25, 0.3) is 5.56 Å². The van der Waals surface area contributed by atoms with Crippen molar-refractivity contribution in [1.29, 1.82) is 5.26 Å². The highest BCUT2D eigenvalue weighted by Gasteiger charge is 2.15. The average molecular weight is 362 g/mol. The molecule has 0 aliphatic heterocycles.